The molecule has 1 aliphatic rings. The summed E-state index contributed by atoms with van der Waals surface area (Å²) in [6.45, 7) is 4.44. The number of carbonyl (C=O) groups excluding carboxylic acids is 2. The summed E-state index contributed by atoms with van der Waals surface area (Å²) in [7, 11) is 0. The normalized spacial score (nSPS) is 20.8. The van der Waals surface area contributed by atoms with E-state index in [9.17, 15) is 9.59 Å². The monoisotopic (exact) mass is 208 g/mol. The highest BCUT2D eigenvalue weighted by Crippen LogP contribution is 2.22. The number of Topliss-reactive ketones (excluding diaryl/α,β-unsaturated/α-hetero) is 1. The highest BCUT2D eigenvalue weighted by atomic mass is 16.2. The number of hydrogen-bond acceptors (Lipinski definition) is 3. The van der Waals surface area contributed by atoms with Crippen molar-refractivity contribution in [2.24, 2.45) is 11.8 Å². The number of nitriles is 1. The van der Waals surface area contributed by atoms with Crippen molar-refractivity contribution in [3.05, 3.63) is 0 Å². The Hall–Kier alpha value is -1.37. The van der Waals surface area contributed by atoms with Crippen LogP contribution in [-0.4, -0.2) is 29.7 Å². The van der Waals surface area contributed by atoms with Crippen molar-refractivity contribution in [1.29, 1.82) is 5.26 Å². The molecular weight excluding hydrogens is 192 g/mol. The summed E-state index contributed by atoms with van der Waals surface area (Å²) >= 11 is 0. The molecule has 1 saturated heterocycles. The molecule has 0 aliphatic carbocycles. The molecule has 1 fully saturated rings. The van der Waals surface area contributed by atoms with Gasteiger partial charge in [0.05, 0.1) is 6.07 Å². The molecule has 0 radical (unpaired) electrons. The lowest BCUT2D eigenvalue weighted by Gasteiger charge is -2.12. The van der Waals surface area contributed by atoms with Crippen LogP contribution in [0, 0.1) is 23.2 Å². The van der Waals surface area contributed by atoms with Gasteiger partial charge in [0.2, 0.25) is 5.91 Å². The minimum Gasteiger partial charge on any atom is -0.329 e. The Labute approximate surface area is 89.9 Å². The zero-order chi connectivity index (χ0) is 11.4. The van der Waals surface area contributed by atoms with Crippen LogP contribution in [0.4, 0.5) is 0 Å². The van der Waals surface area contributed by atoms with E-state index in [0.29, 0.717) is 19.4 Å². The Morgan fingerprint density at radius 3 is 2.87 bits per heavy atom. The van der Waals surface area contributed by atoms with E-state index < -0.39 is 0 Å². The molecule has 0 N–H and O–H groups in total. The summed E-state index contributed by atoms with van der Waals surface area (Å²) in [6.07, 6.45) is 1.04. The molecule has 82 valence electrons. The van der Waals surface area contributed by atoms with Gasteiger partial charge >= 0.3 is 0 Å². The van der Waals surface area contributed by atoms with Gasteiger partial charge in [0.15, 0.2) is 0 Å². The van der Waals surface area contributed by atoms with Crippen molar-refractivity contribution in [3.8, 4) is 6.07 Å². The average molecular weight is 208 g/mol. The standard InChI is InChI=1S/C11H16N2O2/c1-8(2)10(14)7-9-3-5-13(6-4-12)11(9)15/h8-9H,3,5-7H2,1-2H3/t9-/m1/s1. The third-order valence-corrected chi connectivity index (χ3v) is 2.76. The van der Waals surface area contributed by atoms with E-state index in [2.05, 4.69) is 0 Å². The van der Waals surface area contributed by atoms with E-state index in [4.69, 9.17) is 5.26 Å². The molecule has 15 heavy (non-hydrogen) atoms. The Morgan fingerprint density at radius 1 is 1.67 bits per heavy atom. The summed E-state index contributed by atoms with van der Waals surface area (Å²) in [5.41, 5.74) is 0. The highest BCUT2D eigenvalue weighted by molar-refractivity contribution is 5.88. The molecule has 0 saturated carbocycles. The van der Waals surface area contributed by atoms with E-state index in [0.717, 1.165) is 0 Å². The topological polar surface area (TPSA) is 61.2 Å². The number of rotatable bonds is 4. The van der Waals surface area contributed by atoms with E-state index in [-0.39, 0.29) is 30.1 Å². The summed E-state index contributed by atoms with van der Waals surface area (Å²) in [6, 6.07) is 1.96. The second-order valence-corrected chi connectivity index (χ2v) is 4.23. The molecular formula is C11H16N2O2. The molecule has 0 spiro atoms. The molecule has 1 rings (SSSR count). The third kappa shape index (κ3) is 2.79. The lowest BCUT2D eigenvalue weighted by molar-refractivity contribution is -0.133. The van der Waals surface area contributed by atoms with Crippen molar-refractivity contribution >= 4 is 11.7 Å². The van der Waals surface area contributed by atoms with Crippen LogP contribution in [0.5, 0.6) is 0 Å². The van der Waals surface area contributed by atoms with Gasteiger partial charge < -0.3 is 4.90 Å². The molecule has 1 heterocycles. The largest absolute Gasteiger partial charge is 0.329 e. The van der Waals surface area contributed by atoms with Crippen molar-refractivity contribution < 1.29 is 9.59 Å². The minimum absolute atomic E-state index is 0.0113. The number of hydrogen-bond donors (Lipinski definition) is 0. The van der Waals surface area contributed by atoms with Crippen LogP contribution in [0.2, 0.25) is 0 Å². The molecule has 0 aromatic heterocycles. The predicted molar refractivity (Wildman–Crippen MR) is 54.8 cm³/mol. The lowest BCUT2D eigenvalue weighted by Crippen LogP contribution is -2.28. The van der Waals surface area contributed by atoms with Crippen molar-refractivity contribution in [3.63, 3.8) is 0 Å². The average Bonchev–Trinajstić information content (AvgIpc) is 2.50. The number of amides is 1. The van der Waals surface area contributed by atoms with E-state index in [1.165, 1.54) is 4.90 Å². The first-order chi connectivity index (χ1) is 7.06. The predicted octanol–water partition coefficient (Wildman–Crippen LogP) is 0.974. The van der Waals surface area contributed by atoms with Gasteiger partial charge in [-0.05, 0) is 6.42 Å². The van der Waals surface area contributed by atoms with Crippen LogP contribution < -0.4 is 0 Å². The molecule has 1 amide bonds. The first-order valence-electron chi connectivity index (χ1n) is 5.24. The zero-order valence-corrected chi connectivity index (χ0v) is 9.19. The molecule has 0 aromatic carbocycles. The van der Waals surface area contributed by atoms with Crippen LogP contribution in [-0.2, 0) is 9.59 Å². The molecule has 1 aliphatic heterocycles. The number of carbonyl (C=O) groups is 2. The molecule has 0 unspecified atom stereocenters. The van der Waals surface area contributed by atoms with E-state index >= 15 is 0 Å². The fourth-order valence-corrected chi connectivity index (χ4v) is 1.71. The maximum absolute atomic E-state index is 11.7. The molecule has 4 nitrogen and oxygen atoms in total. The first-order valence-corrected chi connectivity index (χ1v) is 5.24. The van der Waals surface area contributed by atoms with Crippen LogP contribution >= 0.6 is 0 Å². The van der Waals surface area contributed by atoms with Crippen LogP contribution in [0.1, 0.15) is 26.7 Å². The highest BCUT2D eigenvalue weighted by Gasteiger charge is 2.32. The summed E-state index contributed by atoms with van der Waals surface area (Å²) in [5, 5.41) is 8.49. The zero-order valence-electron chi connectivity index (χ0n) is 9.19. The van der Waals surface area contributed by atoms with Gasteiger partial charge in [-0.15, -0.1) is 0 Å². The first kappa shape index (κ1) is 11.7. The second-order valence-electron chi connectivity index (χ2n) is 4.23. The van der Waals surface area contributed by atoms with E-state index in [1.54, 1.807) is 0 Å². The second kappa shape index (κ2) is 4.92. The summed E-state index contributed by atoms with van der Waals surface area (Å²) in [5.74, 6) is -0.103. The van der Waals surface area contributed by atoms with Gasteiger partial charge in [-0.2, -0.15) is 5.26 Å². The smallest absolute Gasteiger partial charge is 0.227 e. The fourth-order valence-electron chi connectivity index (χ4n) is 1.71. The summed E-state index contributed by atoms with van der Waals surface area (Å²) in [4.78, 5) is 24.7. The van der Waals surface area contributed by atoms with Gasteiger partial charge in [0.25, 0.3) is 0 Å². The number of likely N-dealkylation sites (tertiary alicyclic amines) is 1. The Bertz CT molecular complexity index is 304. The van der Waals surface area contributed by atoms with Crippen molar-refractivity contribution in [2.75, 3.05) is 13.1 Å². The van der Waals surface area contributed by atoms with Gasteiger partial charge in [0, 0.05) is 24.8 Å². The van der Waals surface area contributed by atoms with Crippen LogP contribution in [0.25, 0.3) is 0 Å². The minimum atomic E-state index is -0.187. The maximum Gasteiger partial charge on any atom is 0.227 e. The molecule has 0 aromatic rings. The third-order valence-electron chi connectivity index (χ3n) is 2.76. The molecule has 0 bridgehead atoms. The maximum atomic E-state index is 11.7. The molecule has 4 heteroatoms. The SMILES string of the molecule is CC(C)C(=O)C[C@H]1CCN(CC#N)C1=O. The molecule has 1 atom stereocenters. The Kier molecular flexibility index (Phi) is 3.84. The van der Waals surface area contributed by atoms with Gasteiger partial charge in [-0.1, -0.05) is 13.8 Å². The lowest BCUT2D eigenvalue weighted by atomic mass is 9.95. The quantitative estimate of drug-likeness (QED) is 0.647. The number of nitrogens with zero attached hydrogens (tertiary/aromatic N) is 2. The van der Waals surface area contributed by atoms with Crippen molar-refractivity contribution in [1.82, 2.24) is 4.90 Å². The fraction of sp³-hybridized carbons (Fsp3) is 0.727. The summed E-state index contributed by atoms with van der Waals surface area (Å²) < 4.78 is 0. The van der Waals surface area contributed by atoms with E-state index in [1.807, 2.05) is 19.9 Å². The van der Waals surface area contributed by atoms with Gasteiger partial charge in [0.1, 0.15) is 12.3 Å². The van der Waals surface area contributed by atoms with Crippen LogP contribution in [0.3, 0.4) is 0 Å². The van der Waals surface area contributed by atoms with Crippen molar-refractivity contribution in [2.45, 2.75) is 26.7 Å². The van der Waals surface area contributed by atoms with Crippen LogP contribution in [0.15, 0.2) is 0 Å². The van der Waals surface area contributed by atoms with Gasteiger partial charge in [-0.25, -0.2) is 0 Å². The Morgan fingerprint density at radius 2 is 2.33 bits per heavy atom. The van der Waals surface area contributed by atoms with Gasteiger partial charge in [-0.3, -0.25) is 9.59 Å². The number of ketones is 1. The Balaban J connectivity index is 2.50.